The summed E-state index contributed by atoms with van der Waals surface area (Å²) >= 11 is 1.59. The number of anilines is 1. The number of aromatic nitrogens is 5. The Morgan fingerprint density at radius 2 is 1.95 bits per heavy atom. The highest BCUT2D eigenvalue weighted by atomic mass is 32.1. The van der Waals surface area contributed by atoms with Crippen molar-refractivity contribution < 1.29 is 9.53 Å². The highest BCUT2D eigenvalue weighted by Gasteiger charge is 2.21. The average Bonchev–Trinajstić information content (AvgIpc) is 3.61. The van der Waals surface area contributed by atoms with Gasteiger partial charge in [-0.05, 0) is 90.6 Å². The highest BCUT2D eigenvalue weighted by molar-refractivity contribution is 7.10. The van der Waals surface area contributed by atoms with E-state index in [-0.39, 0.29) is 5.91 Å². The number of carbonyl (C=O) groups excluding carboxylic acids is 1. The van der Waals surface area contributed by atoms with Crippen molar-refractivity contribution >= 4 is 22.9 Å². The first-order valence-corrected chi connectivity index (χ1v) is 14.3. The van der Waals surface area contributed by atoms with Gasteiger partial charge in [0.05, 0.1) is 19.3 Å². The molecule has 0 radical (unpaired) electrons. The van der Waals surface area contributed by atoms with E-state index in [1.165, 1.54) is 25.0 Å². The van der Waals surface area contributed by atoms with Crippen LogP contribution in [0.15, 0.2) is 72.1 Å². The van der Waals surface area contributed by atoms with E-state index in [2.05, 4.69) is 42.9 Å². The van der Waals surface area contributed by atoms with Gasteiger partial charge in [0.2, 0.25) is 5.82 Å². The second kappa shape index (κ2) is 11.7. The summed E-state index contributed by atoms with van der Waals surface area (Å²) < 4.78 is 5.21. The van der Waals surface area contributed by atoms with Gasteiger partial charge in [0.15, 0.2) is 5.01 Å². The lowest BCUT2D eigenvalue weighted by atomic mass is 9.83. The van der Waals surface area contributed by atoms with Crippen LogP contribution in [0.5, 0.6) is 5.75 Å². The monoisotopic (exact) mass is 560 g/mol. The van der Waals surface area contributed by atoms with Gasteiger partial charge in [-0.15, -0.1) is 21.5 Å². The Morgan fingerprint density at radius 1 is 1.10 bits per heavy atom. The predicted octanol–water partition coefficient (Wildman–Crippen LogP) is 6.08. The third-order valence-corrected chi connectivity index (χ3v) is 7.92. The third-order valence-electron chi connectivity index (χ3n) is 7.14. The molecule has 41 heavy (non-hydrogen) atoms. The van der Waals surface area contributed by atoms with Crippen molar-refractivity contribution in [2.45, 2.75) is 38.6 Å². The molecule has 1 aliphatic rings. The minimum absolute atomic E-state index is 0.203. The minimum atomic E-state index is -0.203. The molecular weight excluding hydrogens is 532 g/mol. The zero-order chi connectivity index (χ0) is 28.2. The molecule has 1 fully saturated rings. The molecule has 0 aliphatic heterocycles. The number of nitrogens with zero attached hydrogens (tertiary/aromatic N) is 5. The van der Waals surface area contributed by atoms with E-state index in [1.807, 2.05) is 67.6 Å². The fourth-order valence-corrected chi connectivity index (χ4v) is 5.35. The van der Waals surface area contributed by atoms with Gasteiger partial charge in [-0.2, -0.15) is 4.80 Å². The number of amides is 1. The SMILES string of the molecule is COc1ccc(Cn2nnc(-c3ccc(C(=O)Nc4cccc(C#Cc5nc(C6CCC6)cs5)c4)cc3C)n2)cc1. The summed E-state index contributed by atoms with van der Waals surface area (Å²) in [5.74, 6) is 8.05. The molecular formula is C32H28N6O2S. The average molecular weight is 561 g/mol. The van der Waals surface area contributed by atoms with Crippen LogP contribution in [0.1, 0.15) is 62.9 Å². The summed E-state index contributed by atoms with van der Waals surface area (Å²) in [5.41, 5.74) is 5.95. The molecule has 0 atom stereocenters. The number of carbonyl (C=O) groups is 1. The maximum Gasteiger partial charge on any atom is 0.255 e. The van der Waals surface area contributed by atoms with Gasteiger partial charge in [-0.3, -0.25) is 4.79 Å². The molecule has 1 saturated carbocycles. The number of nitrogens with one attached hydrogen (secondary N) is 1. The molecule has 8 nitrogen and oxygen atoms in total. The molecule has 1 amide bonds. The fraction of sp³-hybridized carbons (Fsp3) is 0.219. The maximum absolute atomic E-state index is 13.0. The zero-order valence-electron chi connectivity index (χ0n) is 22.8. The molecule has 2 heterocycles. The lowest BCUT2D eigenvalue weighted by molar-refractivity contribution is 0.102. The standard InChI is InChI=1S/C32H28N6O2S/c1-21-17-25(12-15-28(21)31-35-37-38(36-31)19-23-9-13-27(40-2)14-10-23)32(39)33-26-8-3-5-22(18-26)11-16-30-34-29(20-41-30)24-6-4-7-24/h3,5,8-10,12-15,17-18,20,24H,4,6-7,19H2,1-2H3,(H,33,39). The van der Waals surface area contributed by atoms with Crippen molar-refractivity contribution in [3.63, 3.8) is 0 Å². The molecule has 3 aromatic carbocycles. The first-order chi connectivity index (χ1) is 20.0. The summed E-state index contributed by atoms with van der Waals surface area (Å²) in [5, 5.41) is 18.9. The number of methoxy groups -OCH3 is 1. The molecule has 9 heteroatoms. The number of tetrazole rings is 1. The van der Waals surface area contributed by atoms with Crippen molar-refractivity contribution in [1.29, 1.82) is 0 Å². The molecule has 2 aromatic heterocycles. The normalized spacial score (nSPS) is 12.7. The summed E-state index contributed by atoms with van der Waals surface area (Å²) in [6.45, 7) is 2.42. The minimum Gasteiger partial charge on any atom is -0.497 e. The molecule has 0 bridgehead atoms. The van der Waals surface area contributed by atoms with Crippen LogP contribution in [0.4, 0.5) is 5.69 Å². The first kappa shape index (κ1) is 26.4. The topological polar surface area (TPSA) is 94.8 Å². The van der Waals surface area contributed by atoms with E-state index in [9.17, 15) is 4.79 Å². The summed E-state index contributed by atoms with van der Waals surface area (Å²) in [6.07, 6.45) is 3.74. The van der Waals surface area contributed by atoms with Gasteiger partial charge in [0.25, 0.3) is 5.91 Å². The van der Waals surface area contributed by atoms with Crippen LogP contribution in [0.2, 0.25) is 0 Å². The van der Waals surface area contributed by atoms with Crippen molar-refractivity contribution in [3.8, 4) is 29.0 Å². The lowest BCUT2D eigenvalue weighted by Crippen LogP contribution is -2.12. The van der Waals surface area contributed by atoms with Gasteiger partial charge in [0.1, 0.15) is 5.75 Å². The van der Waals surface area contributed by atoms with Crippen molar-refractivity contribution in [1.82, 2.24) is 25.2 Å². The third kappa shape index (κ3) is 6.18. The van der Waals surface area contributed by atoms with Gasteiger partial charge >= 0.3 is 0 Å². The second-order valence-corrected chi connectivity index (χ2v) is 10.9. The Kier molecular flexibility index (Phi) is 7.56. The van der Waals surface area contributed by atoms with E-state index >= 15 is 0 Å². The Morgan fingerprint density at radius 3 is 2.71 bits per heavy atom. The number of thiazole rings is 1. The van der Waals surface area contributed by atoms with Crippen molar-refractivity contribution in [3.05, 3.63) is 105 Å². The number of rotatable bonds is 7. The Balaban J connectivity index is 1.10. The molecule has 1 N–H and O–H groups in total. The van der Waals surface area contributed by atoms with Crippen molar-refractivity contribution in [2.24, 2.45) is 0 Å². The summed E-state index contributed by atoms with van der Waals surface area (Å²) in [6, 6.07) is 20.7. The van der Waals surface area contributed by atoms with Crippen molar-refractivity contribution in [2.75, 3.05) is 12.4 Å². The fourth-order valence-electron chi connectivity index (χ4n) is 4.61. The predicted molar refractivity (Wildman–Crippen MR) is 159 cm³/mol. The number of ether oxygens (including phenoxy) is 1. The van der Waals surface area contributed by atoms with Crippen LogP contribution >= 0.6 is 11.3 Å². The maximum atomic E-state index is 13.0. The van der Waals surface area contributed by atoms with Crippen LogP contribution in [0.25, 0.3) is 11.4 Å². The molecule has 5 aromatic rings. The Bertz CT molecular complexity index is 1760. The first-order valence-electron chi connectivity index (χ1n) is 13.4. The molecule has 0 spiro atoms. The van der Waals surface area contributed by atoms with E-state index in [0.717, 1.165) is 33.0 Å². The smallest absolute Gasteiger partial charge is 0.255 e. The number of benzene rings is 3. The number of aryl methyl sites for hydroxylation is 1. The van der Waals surface area contributed by atoms with E-state index in [1.54, 1.807) is 29.3 Å². The highest BCUT2D eigenvalue weighted by Crippen LogP contribution is 2.36. The van der Waals surface area contributed by atoms with E-state index < -0.39 is 0 Å². The van der Waals surface area contributed by atoms with Crippen LogP contribution in [-0.4, -0.2) is 38.2 Å². The van der Waals surface area contributed by atoms with Gasteiger partial charge in [-0.25, -0.2) is 4.98 Å². The van der Waals surface area contributed by atoms with Gasteiger partial charge < -0.3 is 10.1 Å². The van der Waals surface area contributed by atoms with E-state index in [0.29, 0.717) is 29.5 Å². The largest absolute Gasteiger partial charge is 0.497 e. The summed E-state index contributed by atoms with van der Waals surface area (Å²) in [7, 11) is 1.64. The number of hydrogen-bond acceptors (Lipinski definition) is 7. The van der Waals surface area contributed by atoms with Crippen LogP contribution in [0.3, 0.4) is 0 Å². The molecule has 0 saturated heterocycles. The number of hydrogen-bond donors (Lipinski definition) is 1. The molecule has 0 unspecified atom stereocenters. The van der Waals surface area contributed by atoms with Crippen LogP contribution < -0.4 is 10.1 Å². The zero-order valence-corrected chi connectivity index (χ0v) is 23.6. The lowest BCUT2D eigenvalue weighted by Gasteiger charge is -2.22. The Hall–Kier alpha value is -4.81. The summed E-state index contributed by atoms with van der Waals surface area (Å²) in [4.78, 5) is 19.3. The Labute approximate surface area is 242 Å². The van der Waals surface area contributed by atoms with Gasteiger partial charge in [0, 0.05) is 33.7 Å². The van der Waals surface area contributed by atoms with Crippen LogP contribution in [-0.2, 0) is 6.54 Å². The van der Waals surface area contributed by atoms with Gasteiger partial charge in [-0.1, -0.05) is 30.5 Å². The van der Waals surface area contributed by atoms with E-state index in [4.69, 9.17) is 4.74 Å². The molecule has 1 aliphatic carbocycles. The second-order valence-electron chi connectivity index (χ2n) is 10.0. The van der Waals surface area contributed by atoms with Crippen LogP contribution in [0, 0.1) is 18.8 Å². The molecule has 6 rings (SSSR count). The molecule has 204 valence electrons. The quantitative estimate of drug-likeness (QED) is 0.242.